The molecule has 1 aliphatic heterocycles. The van der Waals surface area contributed by atoms with Gasteiger partial charge in [-0.15, -0.1) is 0 Å². The van der Waals surface area contributed by atoms with Gasteiger partial charge < -0.3 is 14.7 Å². The predicted molar refractivity (Wildman–Crippen MR) is 66.8 cm³/mol. The highest BCUT2D eigenvalue weighted by Gasteiger charge is 2.38. The molecule has 0 radical (unpaired) electrons. The van der Waals surface area contributed by atoms with Crippen molar-refractivity contribution in [3.05, 3.63) is 0 Å². The summed E-state index contributed by atoms with van der Waals surface area (Å²) in [6.45, 7) is 10.6. The molecule has 1 rings (SSSR count). The van der Waals surface area contributed by atoms with Gasteiger partial charge in [-0.3, -0.25) is 0 Å². The Hall–Kier alpha value is -0.770. The van der Waals surface area contributed by atoms with Crippen LogP contribution in [0.5, 0.6) is 0 Å². The van der Waals surface area contributed by atoms with E-state index in [9.17, 15) is 9.90 Å². The number of piperidine rings is 1. The lowest BCUT2D eigenvalue weighted by atomic mass is 9.83. The van der Waals surface area contributed by atoms with Gasteiger partial charge in [-0.25, -0.2) is 4.79 Å². The largest absolute Gasteiger partial charge is 0.444 e. The van der Waals surface area contributed by atoms with E-state index < -0.39 is 11.2 Å². The van der Waals surface area contributed by atoms with E-state index in [0.717, 1.165) is 12.8 Å². The molecule has 4 heteroatoms. The first-order chi connectivity index (χ1) is 7.64. The van der Waals surface area contributed by atoms with Gasteiger partial charge in [0.25, 0.3) is 0 Å². The molecule has 0 aromatic heterocycles. The second kappa shape index (κ2) is 4.84. The zero-order chi connectivity index (χ0) is 13.3. The Morgan fingerprint density at radius 3 is 2.47 bits per heavy atom. The van der Waals surface area contributed by atoms with Crippen LogP contribution in [0.1, 0.15) is 47.5 Å². The van der Waals surface area contributed by atoms with Crippen molar-refractivity contribution in [3.63, 3.8) is 0 Å². The van der Waals surface area contributed by atoms with Gasteiger partial charge in [0.05, 0.1) is 12.1 Å². The third-order valence-electron chi connectivity index (χ3n) is 3.23. The van der Waals surface area contributed by atoms with Crippen molar-refractivity contribution in [1.29, 1.82) is 0 Å². The summed E-state index contributed by atoms with van der Waals surface area (Å²) in [5.74, 6) is 0.146. The van der Waals surface area contributed by atoms with E-state index in [1.165, 1.54) is 0 Å². The van der Waals surface area contributed by atoms with Gasteiger partial charge in [0.1, 0.15) is 5.60 Å². The lowest BCUT2D eigenvalue weighted by Crippen LogP contribution is -2.53. The third-order valence-corrected chi connectivity index (χ3v) is 3.23. The van der Waals surface area contributed by atoms with Crippen LogP contribution in [0.3, 0.4) is 0 Å². The first-order valence-corrected chi connectivity index (χ1v) is 6.34. The van der Waals surface area contributed by atoms with Crippen molar-refractivity contribution in [1.82, 2.24) is 4.90 Å². The molecule has 0 spiro atoms. The highest BCUT2D eigenvalue weighted by Crippen LogP contribution is 2.29. The number of aliphatic hydroxyl groups is 1. The molecular formula is C13H25NO3. The molecule has 1 N–H and O–H groups in total. The Morgan fingerprint density at radius 2 is 2.00 bits per heavy atom. The Morgan fingerprint density at radius 1 is 1.41 bits per heavy atom. The summed E-state index contributed by atoms with van der Waals surface area (Å²) in [5.41, 5.74) is -1.25. The van der Waals surface area contributed by atoms with Gasteiger partial charge >= 0.3 is 6.09 Å². The van der Waals surface area contributed by atoms with Gasteiger partial charge in [0.2, 0.25) is 0 Å². The molecule has 0 aromatic rings. The zero-order valence-electron chi connectivity index (χ0n) is 11.6. The zero-order valence-corrected chi connectivity index (χ0v) is 11.6. The quantitative estimate of drug-likeness (QED) is 0.769. The van der Waals surface area contributed by atoms with Crippen LogP contribution >= 0.6 is 0 Å². The van der Waals surface area contributed by atoms with Crippen molar-refractivity contribution in [2.75, 3.05) is 13.1 Å². The molecule has 100 valence electrons. The summed E-state index contributed by atoms with van der Waals surface area (Å²) in [5, 5.41) is 10.4. The van der Waals surface area contributed by atoms with Gasteiger partial charge in [0.15, 0.2) is 0 Å². The topological polar surface area (TPSA) is 49.8 Å². The molecule has 0 unspecified atom stereocenters. The van der Waals surface area contributed by atoms with Crippen LogP contribution in [0.15, 0.2) is 0 Å². The second-order valence-corrected chi connectivity index (χ2v) is 6.26. The van der Waals surface area contributed by atoms with Crippen LogP contribution in [-0.4, -0.2) is 40.4 Å². The molecule has 0 aromatic carbocycles. The lowest BCUT2D eigenvalue weighted by molar-refractivity contribution is -0.0689. The number of carbonyl (C=O) groups is 1. The molecule has 1 fully saturated rings. The maximum absolute atomic E-state index is 11.9. The molecule has 1 aliphatic rings. The van der Waals surface area contributed by atoms with Gasteiger partial charge in [-0.1, -0.05) is 13.8 Å². The van der Waals surface area contributed by atoms with Crippen molar-refractivity contribution in [2.45, 2.75) is 58.7 Å². The smallest absolute Gasteiger partial charge is 0.410 e. The summed E-state index contributed by atoms with van der Waals surface area (Å²) in [6, 6.07) is 0. The van der Waals surface area contributed by atoms with E-state index in [1.54, 1.807) is 4.90 Å². The number of hydrogen-bond donors (Lipinski definition) is 1. The van der Waals surface area contributed by atoms with Gasteiger partial charge in [-0.05, 0) is 39.5 Å². The van der Waals surface area contributed by atoms with Crippen molar-refractivity contribution in [2.24, 2.45) is 5.92 Å². The lowest BCUT2D eigenvalue weighted by Gasteiger charge is -2.41. The first kappa shape index (κ1) is 14.3. The molecule has 1 amide bonds. The van der Waals surface area contributed by atoms with E-state index in [2.05, 4.69) is 0 Å². The third kappa shape index (κ3) is 3.87. The van der Waals surface area contributed by atoms with E-state index >= 15 is 0 Å². The second-order valence-electron chi connectivity index (χ2n) is 6.26. The summed E-state index contributed by atoms with van der Waals surface area (Å²) < 4.78 is 5.33. The number of β-amino-alcohol motifs (C(OH)–C–C–N with tert-alkyl or cyclic N) is 1. The fourth-order valence-corrected chi connectivity index (χ4v) is 2.02. The minimum Gasteiger partial charge on any atom is -0.444 e. The molecule has 1 heterocycles. The molecule has 0 bridgehead atoms. The molecule has 4 nitrogen and oxygen atoms in total. The maximum Gasteiger partial charge on any atom is 0.410 e. The van der Waals surface area contributed by atoms with Crippen LogP contribution in [0.4, 0.5) is 4.79 Å². The summed E-state index contributed by atoms with van der Waals surface area (Å²) >= 11 is 0. The predicted octanol–water partition coefficient (Wildman–Crippen LogP) is 2.40. The van der Waals surface area contributed by atoms with Crippen LogP contribution in [0.25, 0.3) is 0 Å². The average molecular weight is 243 g/mol. The van der Waals surface area contributed by atoms with Crippen molar-refractivity contribution in [3.8, 4) is 0 Å². The SMILES string of the molecule is CC(C)[C@@]1(O)CCCN(C(=O)OC(C)(C)C)C1. The fraction of sp³-hybridized carbons (Fsp3) is 0.923. The monoisotopic (exact) mass is 243 g/mol. The Balaban J connectivity index is 2.64. The van der Waals surface area contributed by atoms with E-state index in [1.807, 2.05) is 34.6 Å². The number of amides is 1. The van der Waals surface area contributed by atoms with E-state index in [-0.39, 0.29) is 12.0 Å². The molecular weight excluding hydrogens is 218 g/mol. The Labute approximate surface area is 104 Å². The highest BCUT2D eigenvalue weighted by molar-refractivity contribution is 5.68. The van der Waals surface area contributed by atoms with Crippen molar-refractivity contribution < 1.29 is 14.6 Å². The maximum atomic E-state index is 11.9. The van der Waals surface area contributed by atoms with Crippen LogP contribution < -0.4 is 0 Å². The Kier molecular flexibility index (Phi) is 4.07. The summed E-state index contributed by atoms with van der Waals surface area (Å²) in [6.07, 6.45) is 1.26. The molecule has 0 aliphatic carbocycles. The first-order valence-electron chi connectivity index (χ1n) is 6.34. The summed E-state index contributed by atoms with van der Waals surface area (Å²) in [4.78, 5) is 13.5. The standard InChI is InChI=1S/C13H25NO3/c1-10(2)13(16)7-6-8-14(9-13)11(15)17-12(3,4)5/h10,16H,6-9H2,1-5H3/t13-/m1/s1. The number of hydrogen-bond acceptors (Lipinski definition) is 3. The van der Waals surface area contributed by atoms with Crippen molar-refractivity contribution >= 4 is 6.09 Å². The highest BCUT2D eigenvalue weighted by atomic mass is 16.6. The van der Waals surface area contributed by atoms with E-state index in [4.69, 9.17) is 4.74 Å². The number of nitrogens with zero attached hydrogens (tertiary/aromatic N) is 1. The van der Waals surface area contributed by atoms with Gasteiger partial charge in [-0.2, -0.15) is 0 Å². The fourth-order valence-electron chi connectivity index (χ4n) is 2.02. The minimum atomic E-state index is -0.769. The van der Waals surface area contributed by atoms with Crippen LogP contribution in [-0.2, 0) is 4.74 Å². The molecule has 0 saturated carbocycles. The van der Waals surface area contributed by atoms with E-state index in [0.29, 0.717) is 13.1 Å². The normalized spacial score (nSPS) is 26.2. The van der Waals surface area contributed by atoms with Gasteiger partial charge in [0, 0.05) is 6.54 Å². The molecule has 17 heavy (non-hydrogen) atoms. The van der Waals surface area contributed by atoms with Crippen LogP contribution in [0.2, 0.25) is 0 Å². The number of likely N-dealkylation sites (tertiary alicyclic amines) is 1. The minimum absolute atomic E-state index is 0.146. The number of ether oxygens (including phenoxy) is 1. The molecule has 1 atom stereocenters. The van der Waals surface area contributed by atoms with Crippen LogP contribution in [0, 0.1) is 5.92 Å². The molecule has 1 saturated heterocycles. The number of rotatable bonds is 1. The Bertz CT molecular complexity index is 283. The average Bonchev–Trinajstić information content (AvgIpc) is 2.15. The summed E-state index contributed by atoms with van der Waals surface area (Å²) in [7, 11) is 0. The number of carbonyl (C=O) groups excluding carboxylic acids is 1.